The molecule has 2 saturated carbocycles. The fourth-order valence-corrected chi connectivity index (χ4v) is 4.36. The number of benzene rings is 1. The highest BCUT2D eigenvalue weighted by molar-refractivity contribution is 5.34. The van der Waals surface area contributed by atoms with Crippen LogP contribution in [-0.4, -0.2) is 20.2 Å². The van der Waals surface area contributed by atoms with Crippen LogP contribution in [0.2, 0.25) is 0 Å². The van der Waals surface area contributed by atoms with E-state index in [9.17, 15) is 0 Å². The molecule has 4 atom stereocenters. The molecule has 4 unspecified atom stereocenters. The maximum absolute atomic E-state index is 5.49. The minimum Gasteiger partial charge on any atom is -0.496 e. The molecule has 1 N–H and O–H groups in total. The average Bonchev–Trinajstić information content (AvgIpc) is 3.07. The van der Waals surface area contributed by atoms with Crippen LogP contribution in [0.1, 0.15) is 31.2 Å². The van der Waals surface area contributed by atoms with Gasteiger partial charge in [0.15, 0.2) is 0 Å². The van der Waals surface area contributed by atoms with E-state index < -0.39 is 0 Å². The fraction of sp³-hybridized carbons (Fsp3) is 0.647. The van der Waals surface area contributed by atoms with Gasteiger partial charge in [-0.25, -0.2) is 0 Å². The molecule has 0 radical (unpaired) electrons. The molecular weight excluding hydrogens is 234 g/mol. The van der Waals surface area contributed by atoms with Crippen LogP contribution in [0, 0.1) is 17.8 Å². The quantitative estimate of drug-likeness (QED) is 0.876. The number of nitrogens with one attached hydrogen (secondary N) is 1. The van der Waals surface area contributed by atoms with E-state index in [4.69, 9.17) is 4.74 Å². The zero-order chi connectivity index (χ0) is 13.2. The second-order valence-corrected chi connectivity index (χ2v) is 6.25. The molecule has 104 valence electrons. The van der Waals surface area contributed by atoms with Crippen molar-refractivity contribution in [2.75, 3.05) is 14.2 Å². The normalized spacial score (nSPS) is 30.5. The number of fused-ring (bicyclic) bond motifs is 2. The first-order chi connectivity index (χ1) is 9.31. The summed E-state index contributed by atoms with van der Waals surface area (Å²) in [5, 5.41) is 3.57. The van der Waals surface area contributed by atoms with Crippen LogP contribution in [-0.2, 0) is 6.42 Å². The number of methoxy groups -OCH3 is 1. The van der Waals surface area contributed by atoms with Gasteiger partial charge < -0.3 is 10.1 Å². The van der Waals surface area contributed by atoms with Gasteiger partial charge in [-0.05, 0) is 62.1 Å². The van der Waals surface area contributed by atoms with E-state index in [2.05, 4.69) is 30.6 Å². The Labute approximate surface area is 116 Å². The molecule has 2 nitrogen and oxygen atoms in total. The second-order valence-electron chi connectivity index (χ2n) is 6.25. The van der Waals surface area contributed by atoms with Crippen LogP contribution >= 0.6 is 0 Å². The molecule has 2 bridgehead atoms. The Bertz CT molecular complexity index is 431. The van der Waals surface area contributed by atoms with Gasteiger partial charge in [0.05, 0.1) is 7.11 Å². The zero-order valence-corrected chi connectivity index (χ0v) is 12.1. The predicted octanol–water partition coefficient (Wildman–Crippen LogP) is 3.26. The molecule has 2 heteroatoms. The van der Waals surface area contributed by atoms with Gasteiger partial charge in [-0.1, -0.05) is 24.6 Å². The minimum absolute atomic E-state index is 0.603. The van der Waals surface area contributed by atoms with Crippen LogP contribution in [0.4, 0.5) is 0 Å². The van der Waals surface area contributed by atoms with Gasteiger partial charge in [0, 0.05) is 6.04 Å². The molecule has 0 amide bonds. The molecule has 0 saturated heterocycles. The second kappa shape index (κ2) is 5.54. The van der Waals surface area contributed by atoms with Crippen molar-refractivity contribution < 1.29 is 4.74 Å². The predicted molar refractivity (Wildman–Crippen MR) is 78.5 cm³/mol. The third kappa shape index (κ3) is 2.51. The Morgan fingerprint density at radius 2 is 2.11 bits per heavy atom. The van der Waals surface area contributed by atoms with E-state index in [1.165, 1.54) is 31.2 Å². The van der Waals surface area contributed by atoms with E-state index in [1.54, 1.807) is 7.11 Å². The van der Waals surface area contributed by atoms with Gasteiger partial charge in [-0.15, -0.1) is 0 Å². The van der Waals surface area contributed by atoms with Crippen molar-refractivity contribution in [1.82, 2.24) is 5.32 Å². The Balaban J connectivity index is 1.73. The lowest BCUT2D eigenvalue weighted by Gasteiger charge is -2.30. The molecule has 0 heterocycles. The number of rotatable bonds is 5. The van der Waals surface area contributed by atoms with Gasteiger partial charge in [-0.2, -0.15) is 0 Å². The van der Waals surface area contributed by atoms with Crippen LogP contribution in [0.5, 0.6) is 5.75 Å². The van der Waals surface area contributed by atoms with Crippen LogP contribution in [0.25, 0.3) is 0 Å². The summed E-state index contributed by atoms with van der Waals surface area (Å²) in [5.74, 6) is 3.89. The largest absolute Gasteiger partial charge is 0.496 e. The first kappa shape index (κ1) is 13.0. The SMILES string of the molecule is CNC(Cc1ccccc1OC)C1CC2CCC1C2. The van der Waals surface area contributed by atoms with E-state index in [0.29, 0.717) is 6.04 Å². The Hall–Kier alpha value is -1.02. The van der Waals surface area contributed by atoms with Crippen molar-refractivity contribution in [3.63, 3.8) is 0 Å². The summed E-state index contributed by atoms with van der Waals surface area (Å²) in [7, 11) is 3.89. The maximum atomic E-state index is 5.49. The van der Waals surface area contributed by atoms with E-state index in [1.807, 2.05) is 6.07 Å². The Kier molecular flexibility index (Phi) is 3.79. The van der Waals surface area contributed by atoms with Gasteiger partial charge >= 0.3 is 0 Å². The monoisotopic (exact) mass is 259 g/mol. The number of ether oxygens (including phenoxy) is 1. The highest BCUT2D eigenvalue weighted by Gasteiger charge is 2.42. The molecule has 3 rings (SSSR count). The van der Waals surface area contributed by atoms with Crippen molar-refractivity contribution in [2.24, 2.45) is 17.8 Å². The molecule has 2 aliphatic rings. The van der Waals surface area contributed by atoms with Crippen molar-refractivity contribution >= 4 is 0 Å². The number of para-hydroxylation sites is 1. The lowest BCUT2D eigenvalue weighted by Crippen LogP contribution is -2.38. The summed E-state index contributed by atoms with van der Waals surface area (Å²) in [6.07, 6.45) is 6.94. The molecule has 0 aromatic heterocycles. The Morgan fingerprint density at radius 3 is 2.74 bits per heavy atom. The van der Waals surface area contributed by atoms with E-state index >= 15 is 0 Å². The van der Waals surface area contributed by atoms with E-state index in [0.717, 1.165) is 29.9 Å². The number of likely N-dealkylation sites (N-methyl/N-ethyl adjacent to an activating group) is 1. The van der Waals surface area contributed by atoms with Crippen molar-refractivity contribution in [2.45, 2.75) is 38.1 Å². The molecular formula is C17H25NO. The standard InChI is InChI=1S/C17H25NO/c1-18-16(15-10-12-7-8-13(15)9-12)11-14-5-3-4-6-17(14)19-2/h3-6,12-13,15-16,18H,7-11H2,1-2H3. The minimum atomic E-state index is 0.603. The number of hydrogen-bond acceptors (Lipinski definition) is 2. The lowest BCUT2D eigenvalue weighted by molar-refractivity contribution is 0.254. The van der Waals surface area contributed by atoms with Crippen molar-refractivity contribution in [3.8, 4) is 5.75 Å². The highest BCUT2D eigenvalue weighted by atomic mass is 16.5. The third-order valence-corrected chi connectivity index (χ3v) is 5.31. The van der Waals surface area contributed by atoms with Gasteiger partial charge in [0.25, 0.3) is 0 Å². The summed E-state index contributed by atoms with van der Waals surface area (Å²) in [4.78, 5) is 0. The van der Waals surface area contributed by atoms with Crippen molar-refractivity contribution in [1.29, 1.82) is 0 Å². The molecule has 2 fully saturated rings. The van der Waals surface area contributed by atoms with Crippen molar-refractivity contribution in [3.05, 3.63) is 29.8 Å². The molecule has 1 aromatic rings. The first-order valence-corrected chi connectivity index (χ1v) is 7.61. The van der Waals surface area contributed by atoms with Gasteiger partial charge in [0.1, 0.15) is 5.75 Å². The topological polar surface area (TPSA) is 21.3 Å². The summed E-state index contributed by atoms with van der Waals surface area (Å²) in [5.41, 5.74) is 1.34. The molecule has 0 aliphatic heterocycles. The molecule has 0 spiro atoms. The van der Waals surface area contributed by atoms with Crippen LogP contribution < -0.4 is 10.1 Å². The average molecular weight is 259 g/mol. The lowest BCUT2D eigenvalue weighted by atomic mass is 9.81. The highest BCUT2D eigenvalue weighted by Crippen LogP contribution is 2.50. The summed E-state index contributed by atoms with van der Waals surface area (Å²) < 4.78 is 5.49. The smallest absolute Gasteiger partial charge is 0.122 e. The number of hydrogen-bond donors (Lipinski definition) is 1. The molecule has 19 heavy (non-hydrogen) atoms. The molecule has 1 aromatic carbocycles. The van der Waals surface area contributed by atoms with E-state index in [-0.39, 0.29) is 0 Å². The van der Waals surface area contributed by atoms with Crippen LogP contribution in [0.15, 0.2) is 24.3 Å². The zero-order valence-electron chi connectivity index (χ0n) is 12.1. The first-order valence-electron chi connectivity index (χ1n) is 7.61. The summed E-state index contributed by atoms with van der Waals surface area (Å²) in [6.45, 7) is 0. The van der Waals surface area contributed by atoms with Gasteiger partial charge in [-0.3, -0.25) is 0 Å². The molecule has 2 aliphatic carbocycles. The fourth-order valence-electron chi connectivity index (χ4n) is 4.36. The maximum Gasteiger partial charge on any atom is 0.122 e. The summed E-state index contributed by atoms with van der Waals surface area (Å²) >= 11 is 0. The summed E-state index contributed by atoms with van der Waals surface area (Å²) in [6, 6.07) is 9.05. The Morgan fingerprint density at radius 1 is 1.26 bits per heavy atom. The van der Waals surface area contributed by atoms with Gasteiger partial charge in [0.2, 0.25) is 0 Å². The third-order valence-electron chi connectivity index (χ3n) is 5.31. The van der Waals surface area contributed by atoms with Crippen LogP contribution in [0.3, 0.4) is 0 Å².